The molecule has 5 nitrogen and oxygen atoms in total. The molecule has 0 N–H and O–H groups in total. The average Bonchev–Trinajstić information content (AvgIpc) is 2.95. The number of thioether (sulfide) groups is 1. The summed E-state index contributed by atoms with van der Waals surface area (Å²) in [5.74, 6) is 0.594. The Kier molecular flexibility index (Phi) is 4.40. The van der Waals surface area contributed by atoms with Crippen LogP contribution in [0.3, 0.4) is 0 Å². The number of rotatable bonds is 3. The summed E-state index contributed by atoms with van der Waals surface area (Å²) in [7, 11) is 1.60. The Morgan fingerprint density at radius 3 is 2.54 bits per heavy atom. The third-order valence-corrected chi connectivity index (χ3v) is 5.22. The Morgan fingerprint density at radius 2 is 1.81 bits per heavy atom. The number of thiocarbonyl (C=S) groups is 1. The van der Waals surface area contributed by atoms with Crippen molar-refractivity contribution in [1.29, 1.82) is 0 Å². The molecule has 0 atom stereocenters. The van der Waals surface area contributed by atoms with Gasteiger partial charge in [0.1, 0.15) is 5.75 Å². The van der Waals surface area contributed by atoms with E-state index in [1.807, 2.05) is 36.4 Å². The standard InChI is InChI=1S/C19H13N3O2S2/c1-24-14-5-3-13(4-6-14)22-18(23)17(26-19(22)25)11-12-2-7-15-16(10-12)21-9-8-20-15/h2-11H,1H3. The maximum absolute atomic E-state index is 12.8. The van der Waals surface area contributed by atoms with Crippen molar-refractivity contribution in [2.24, 2.45) is 0 Å². The van der Waals surface area contributed by atoms with Crippen molar-refractivity contribution in [1.82, 2.24) is 9.97 Å². The molecule has 1 fully saturated rings. The van der Waals surface area contributed by atoms with E-state index in [1.54, 1.807) is 31.6 Å². The number of carbonyl (C=O) groups excluding carboxylic acids is 1. The van der Waals surface area contributed by atoms with E-state index in [4.69, 9.17) is 17.0 Å². The fourth-order valence-corrected chi connectivity index (χ4v) is 3.94. The molecule has 0 radical (unpaired) electrons. The van der Waals surface area contributed by atoms with Crippen molar-refractivity contribution in [3.05, 3.63) is 65.3 Å². The maximum atomic E-state index is 12.8. The minimum atomic E-state index is -0.135. The zero-order chi connectivity index (χ0) is 18.1. The van der Waals surface area contributed by atoms with Crippen molar-refractivity contribution in [2.75, 3.05) is 12.0 Å². The van der Waals surface area contributed by atoms with Crippen LogP contribution in [0.1, 0.15) is 5.56 Å². The molecule has 1 aromatic heterocycles. The summed E-state index contributed by atoms with van der Waals surface area (Å²) in [6.45, 7) is 0. The summed E-state index contributed by atoms with van der Waals surface area (Å²) in [6.07, 6.45) is 5.13. The van der Waals surface area contributed by atoms with Gasteiger partial charge in [-0.2, -0.15) is 0 Å². The number of nitrogens with zero attached hydrogens (tertiary/aromatic N) is 3. The fourth-order valence-electron chi connectivity index (χ4n) is 2.64. The van der Waals surface area contributed by atoms with Gasteiger partial charge in [0.05, 0.1) is 28.7 Å². The van der Waals surface area contributed by atoms with E-state index in [9.17, 15) is 4.79 Å². The van der Waals surface area contributed by atoms with Crippen molar-refractivity contribution >= 4 is 57.0 Å². The fraction of sp³-hybridized carbons (Fsp3) is 0.0526. The Labute approximate surface area is 159 Å². The predicted molar refractivity (Wildman–Crippen MR) is 108 cm³/mol. The first-order valence-corrected chi connectivity index (χ1v) is 9.01. The van der Waals surface area contributed by atoms with Crippen molar-refractivity contribution in [3.63, 3.8) is 0 Å². The molecule has 128 valence electrons. The van der Waals surface area contributed by atoms with Crippen LogP contribution in [0.2, 0.25) is 0 Å². The molecule has 1 aliphatic heterocycles. The highest BCUT2D eigenvalue weighted by molar-refractivity contribution is 8.27. The monoisotopic (exact) mass is 379 g/mol. The van der Waals surface area contributed by atoms with Crippen LogP contribution < -0.4 is 9.64 Å². The summed E-state index contributed by atoms with van der Waals surface area (Å²) < 4.78 is 5.66. The molecule has 2 heterocycles. The molecule has 0 bridgehead atoms. The third kappa shape index (κ3) is 3.07. The second-order valence-corrected chi connectivity index (χ2v) is 7.20. The van der Waals surface area contributed by atoms with Gasteiger partial charge in [0.25, 0.3) is 5.91 Å². The predicted octanol–water partition coefficient (Wildman–Crippen LogP) is 4.04. The molecule has 0 spiro atoms. The molecule has 1 amide bonds. The van der Waals surface area contributed by atoms with Gasteiger partial charge in [-0.05, 0) is 48.0 Å². The summed E-state index contributed by atoms with van der Waals surface area (Å²) in [4.78, 5) is 23.5. The number of ether oxygens (including phenoxy) is 1. The Balaban J connectivity index is 1.65. The molecule has 26 heavy (non-hydrogen) atoms. The van der Waals surface area contributed by atoms with E-state index in [0.29, 0.717) is 9.23 Å². The lowest BCUT2D eigenvalue weighted by atomic mass is 10.1. The molecule has 0 saturated carbocycles. The quantitative estimate of drug-likeness (QED) is 0.506. The van der Waals surface area contributed by atoms with E-state index in [0.717, 1.165) is 28.0 Å². The SMILES string of the molecule is COc1ccc(N2C(=O)C(=Cc3ccc4nccnc4c3)SC2=S)cc1. The number of hydrogen-bond donors (Lipinski definition) is 0. The van der Waals surface area contributed by atoms with E-state index >= 15 is 0 Å². The zero-order valence-corrected chi connectivity index (χ0v) is 15.4. The molecular formula is C19H13N3O2S2. The van der Waals surface area contributed by atoms with Gasteiger partial charge >= 0.3 is 0 Å². The van der Waals surface area contributed by atoms with E-state index in [1.165, 1.54) is 16.7 Å². The lowest BCUT2D eigenvalue weighted by Crippen LogP contribution is -2.27. The number of benzene rings is 2. The first-order valence-electron chi connectivity index (χ1n) is 7.78. The van der Waals surface area contributed by atoms with Crippen LogP contribution in [-0.2, 0) is 4.79 Å². The molecule has 0 aliphatic carbocycles. The molecule has 4 rings (SSSR count). The Morgan fingerprint density at radius 1 is 1.08 bits per heavy atom. The lowest BCUT2D eigenvalue weighted by Gasteiger charge is -2.14. The van der Waals surface area contributed by atoms with Crippen LogP contribution in [-0.4, -0.2) is 27.3 Å². The second kappa shape index (κ2) is 6.86. The summed E-state index contributed by atoms with van der Waals surface area (Å²) >= 11 is 6.69. The number of fused-ring (bicyclic) bond motifs is 1. The van der Waals surface area contributed by atoms with Crippen LogP contribution in [0.4, 0.5) is 5.69 Å². The van der Waals surface area contributed by atoms with E-state index in [-0.39, 0.29) is 5.91 Å². The number of anilines is 1. The van der Waals surface area contributed by atoms with Gasteiger partial charge in [-0.25, -0.2) is 0 Å². The molecule has 7 heteroatoms. The van der Waals surface area contributed by atoms with Gasteiger partial charge in [-0.1, -0.05) is 30.0 Å². The van der Waals surface area contributed by atoms with Gasteiger partial charge < -0.3 is 4.74 Å². The van der Waals surface area contributed by atoms with Crippen LogP contribution in [0.25, 0.3) is 17.1 Å². The molecule has 1 saturated heterocycles. The van der Waals surface area contributed by atoms with Gasteiger partial charge in [0, 0.05) is 12.4 Å². The van der Waals surface area contributed by atoms with Gasteiger partial charge in [-0.15, -0.1) is 0 Å². The van der Waals surface area contributed by atoms with Crippen LogP contribution in [0.5, 0.6) is 5.75 Å². The summed E-state index contributed by atoms with van der Waals surface area (Å²) in [5, 5.41) is 0. The first-order chi connectivity index (χ1) is 12.7. The van der Waals surface area contributed by atoms with Crippen molar-refractivity contribution in [2.45, 2.75) is 0 Å². The van der Waals surface area contributed by atoms with Gasteiger partial charge in [0.2, 0.25) is 0 Å². The molecule has 3 aromatic rings. The number of amides is 1. The van der Waals surface area contributed by atoms with Crippen LogP contribution in [0, 0.1) is 0 Å². The molecule has 0 unspecified atom stereocenters. The number of hydrogen-bond acceptors (Lipinski definition) is 6. The number of aromatic nitrogens is 2. The zero-order valence-electron chi connectivity index (χ0n) is 13.7. The number of carbonyl (C=O) groups is 1. The normalized spacial score (nSPS) is 15.9. The average molecular weight is 379 g/mol. The van der Waals surface area contributed by atoms with E-state index < -0.39 is 0 Å². The summed E-state index contributed by atoms with van der Waals surface area (Å²) in [6, 6.07) is 13.0. The molecule has 1 aliphatic rings. The van der Waals surface area contributed by atoms with E-state index in [2.05, 4.69) is 9.97 Å². The minimum absolute atomic E-state index is 0.135. The smallest absolute Gasteiger partial charge is 0.270 e. The topological polar surface area (TPSA) is 55.3 Å². The van der Waals surface area contributed by atoms with Crippen LogP contribution >= 0.6 is 24.0 Å². The highest BCUT2D eigenvalue weighted by atomic mass is 32.2. The second-order valence-electron chi connectivity index (χ2n) is 5.52. The molecular weight excluding hydrogens is 366 g/mol. The Bertz CT molecular complexity index is 1050. The van der Waals surface area contributed by atoms with Gasteiger partial charge in [0.15, 0.2) is 4.32 Å². The van der Waals surface area contributed by atoms with Crippen LogP contribution in [0.15, 0.2) is 59.8 Å². The highest BCUT2D eigenvalue weighted by Gasteiger charge is 2.33. The Hall–Kier alpha value is -2.77. The van der Waals surface area contributed by atoms with Gasteiger partial charge in [-0.3, -0.25) is 19.7 Å². The maximum Gasteiger partial charge on any atom is 0.270 e. The third-order valence-electron chi connectivity index (χ3n) is 3.92. The largest absolute Gasteiger partial charge is 0.497 e. The van der Waals surface area contributed by atoms with Crippen molar-refractivity contribution < 1.29 is 9.53 Å². The first kappa shape index (κ1) is 16.7. The lowest BCUT2D eigenvalue weighted by molar-refractivity contribution is -0.113. The molecule has 2 aromatic carbocycles. The summed E-state index contributed by atoms with van der Waals surface area (Å²) in [5.41, 5.74) is 3.21. The highest BCUT2D eigenvalue weighted by Crippen LogP contribution is 2.36. The minimum Gasteiger partial charge on any atom is -0.497 e. The van der Waals surface area contributed by atoms with Crippen molar-refractivity contribution in [3.8, 4) is 5.75 Å². The number of methoxy groups -OCH3 is 1.